The molecule has 0 radical (unpaired) electrons. The zero-order valence-electron chi connectivity index (χ0n) is 11.8. The van der Waals surface area contributed by atoms with Crippen LogP contribution >= 0.6 is 0 Å². The maximum atomic E-state index is 13.0. The molecule has 2 N–H and O–H groups in total. The van der Waals surface area contributed by atoms with E-state index in [1.807, 2.05) is 13.8 Å². The van der Waals surface area contributed by atoms with Gasteiger partial charge in [0.1, 0.15) is 5.82 Å². The van der Waals surface area contributed by atoms with Crippen LogP contribution in [0, 0.1) is 15.9 Å². The van der Waals surface area contributed by atoms with Crippen LogP contribution in [0.2, 0.25) is 0 Å². The molecule has 0 heterocycles. The number of halogens is 1. The largest absolute Gasteiger partial charge is 0.314 e. The molecule has 0 atom stereocenters. The highest BCUT2D eigenvalue weighted by Crippen LogP contribution is 2.24. The van der Waals surface area contributed by atoms with Crippen LogP contribution in [0.5, 0.6) is 0 Å². The number of nitro benzene ring substituents is 1. The third kappa shape index (κ3) is 5.37. The van der Waals surface area contributed by atoms with Gasteiger partial charge in [-0.1, -0.05) is 13.8 Å². The number of nitrogens with one attached hydrogen (secondary N) is 2. The van der Waals surface area contributed by atoms with Crippen LogP contribution in [0.25, 0.3) is 0 Å². The van der Waals surface area contributed by atoms with Gasteiger partial charge < -0.3 is 5.32 Å². The molecule has 0 aliphatic rings. The van der Waals surface area contributed by atoms with Gasteiger partial charge in [0.15, 0.2) is 4.90 Å². The summed E-state index contributed by atoms with van der Waals surface area (Å²) < 4.78 is 39.3. The Morgan fingerprint density at radius 2 is 2.00 bits per heavy atom. The first-order chi connectivity index (χ1) is 9.74. The number of hydrogen-bond acceptors (Lipinski definition) is 5. The molecule has 1 rings (SSSR count). The Labute approximate surface area is 122 Å². The van der Waals surface area contributed by atoms with Crippen LogP contribution in [-0.2, 0) is 10.0 Å². The van der Waals surface area contributed by atoms with Crippen molar-refractivity contribution < 1.29 is 17.7 Å². The van der Waals surface area contributed by atoms with E-state index in [2.05, 4.69) is 10.0 Å². The van der Waals surface area contributed by atoms with Gasteiger partial charge in [0.2, 0.25) is 10.0 Å². The summed E-state index contributed by atoms with van der Waals surface area (Å²) in [5.74, 6) is -0.859. The molecular weight excluding hydrogens is 301 g/mol. The summed E-state index contributed by atoms with van der Waals surface area (Å²) in [6, 6.07) is 2.65. The lowest BCUT2D eigenvalue weighted by Gasteiger charge is -2.09. The number of sulfonamides is 1. The van der Waals surface area contributed by atoms with E-state index in [0.29, 0.717) is 25.1 Å². The predicted octanol–water partition coefficient (Wildman–Crippen LogP) is 1.40. The van der Waals surface area contributed by atoms with Crippen molar-refractivity contribution in [3.05, 3.63) is 34.1 Å². The molecular formula is C12H18FN3O4S. The lowest BCUT2D eigenvalue weighted by Crippen LogP contribution is -2.30. The minimum absolute atomic E-state index is 0.136. The van der Waals surface area contributed by atoms with Crippen LogP contribution in [0.4, 0.5) is 10.1 Å². The number of benzene rings is 1. The Morgan fingerprint density at radius 1 is 1.33 bits per heavy atom. The maximum Gasteiger partial charge on any atom is 0.292 e. The standard InChI is InChI=1S/C12H18FN3O4S/c1-9(2)14-6-3-7-15-21(19,20)12-5-4-10(13)8-11(12)16(17)18/h4-5,8-9,14-15H,3,6-7H2,1-2H3. The molecule has 0 saturated heterocycles. The summed E-state index contributed by atoms with van der Waals surface area (Å²) in [4.78, 5) is 9.35. The lowest BCUT2D eigenvalue weighted by atomic mass is 10.3. The third-order valence-corrected chi connectivity index (χ3v) is 4.11. The second-order valence-electron chi connectivity index (χ2n) is 4.73. The fourth-order valence-electron chi connectivity index (χ4n) is 1.62. The van der Waals surface area contributed by atoms with Crippen molar-refractivity contribution in [1.82, 2.24) is 10.0 Å². The number of nitrogens with zero attached hydrogens (tertiary/aromatic N) is 1. The molecule has 0 fully saturated rings. The van der Waals surface area contributed by atoms with E-state index >= 15 is 0 Å². The lowest BCUT2D eigenvalue weighted by molar-refractivity contribution is -0.388. The van der Waals surface area contributed by atoms with Gasteiger partial charge in [-0.05, 0) is 25.1 Å². The Hall–Kier alpha value is -1.58. The summed E-state index contributed by atoms with van der Waals surface area (Å²) >= 11 is 0. The predicted molar refractivity (Wildman–Crippen MR) is 76.0 cm³/mol. The summed E-state index contributed by atoms with van der Waals surface area (Å²) in [6.45, 7) is 4.68. The van der Waals surface area contributed by atoms with Crippen molar-refractivity contribution in [1.29, 1.82) is 0 Å². The van der Waals surface area contributed by atoms with Crippen LogP contribution in [0.3, 0.4) is 0 Å². The van der Waals surface area contributed by atoms with Gasteiger partial charge >= 0.3 is 0 Å². The molecule has 0 amide bonds. The highest BCUT2D eigenvalue weighted by atomic mass is 32.2. The molecule has 0 spiro atoms. The molecule has 0 unspecified atom stereocenters. The Morgan fingerprint density at radius 3 is 2.57 bits per heavy atom. The summed E-state index contributed by atoms with van der Waals surface area (Å²) in [6.07, 6.45) is 0.534. The van der Waals surface area contributed by atoms with E-state index in [1.165, 1.54) is 0 Å². The van der Waals surface area contributed by atoms with E-state index in [-0.39, 0.29) is 6.54 Å². The van der Waals surface area contributed by atoms with Gasteiger partial charge in [0, 0.05) is 12.6 Å². The van der Waals surface area contributed by atoms with Crippen LogP contribution in [0.15, 0.2) is 23.1 Å². The fourth-order valence-corrected chi connectivity index (χ4v) is 2.85. The van der Waals surface area contributed by atoms with Gasteiger partial charge in [-0.15, -0.1) is 0 Å². The summed E-state index contributed by atoms with van der Waals surface area (Å²) in [5.41, 5.74) is -0.775. The highest BCUT2D eigenvalue weighted by molar-refractivity contribution is 7.89. The zero-order chi connectivity index (χ0) is 16.0. The van der Waals surface area contributed by atoms with Gasteiger partial charge in [0.25, 0.3) is 5.69 Å². The minimum atomic E-state index is -4.04. The normalized spacial score (nSPS) is 11.8. The number of hydrogen-bond donors (Lipinski definition) is 2. The van der Waals surface area contributed by atoms with Gasteiger partial charge in [0.05, 0.1) is 11.0 Å². The maximum absolute atomic E-state index is 13.0. The van der Waals surface area contributed by atoms with E-state index in [4.69, 9.17) is 0 Å². The molecule has 118 valence electrons. The van der Waals surface area contributed by atoms with Crippen molar-refractivity contribution in [2.75, 3.05) is 13.1 Å². The molecule has 0 saturated carbocycles. The van der Waals surface area contributed by atoms with Crippen molar-refractivity contribution in [2.45, 2.75) is 31.2 Å². The molecule has 0 aliphatic carbocycles. The second kappa shape index (κ2) is 7.43. The summed E-state index contributed by atoms with van der Waals surface area (Å²) in [5, 5.41) is 13.9. The summed E-state index contributed by atoms with van der Waals surface area (Å²) in [7, 11) is -4.04. The molecule has 0 aliphatic heterocycles. The smallest absolute Gasteiger partial charge is 0.292 e. The Kier molecular flexibility index (Phi) is 6.19. The monoisotopic (exact) mass is 319 g/mol. The Balaban J connectivity index is 2.77. The molecule has 0 aromatic heterocycles. The number of nitro groups is 1. The van der Waals surface area contributed by atoms with Crippen molar-refractivity contribution in [3.63, 3.8) is 0 Å². The number of rotatable bonds is 8. The molecule has 1 aromatic carbocycles. The van der Waals surface area contributed by atoms with Crippen LogP contribution < -0.4 is 10.0 Å². The first-order valence-electron chi connectivity index (χ1n) is 6.41. The fraction of sp³-hybridized carbons (Fsp3) is 0.500. The zero-order valence-corrected chi connectivity index (χ0v) is 12.6. The van der Waals surface area contributed by atoms with Crippen LogP contribution in [-0.4, -0.2) is 32.5 Å². The van der Waals surface area contributed by atoms with Crippen molar-refractivity contribution >= 4 is 15.7 Å². The topological polar surface area (TPSA) is 101 Å². The van der Waals surface area contributed by atoms with Gasteiger partial charge in [-0.3, -0.25) is 10.1 Å². The quantitative estimate of drug-likeness (QED) is 0.428. The van der Waals surface area contributed by atoms with E-state index in [9.17, 15) is 22.9 Å². The average molecular weight is 319 g/mol. The SMILES string of the molecule is CC(C)NCCCNS(=O)(=O)c1ccc(F)cc1[N+](=O)[O-]. The van der Waals surface area contributed by atoms with Gasteiger partial charge in [-0.2, -0.15) is 0 Å². The van der Waals surface area contributed by atoms with Crippen LogP contribution in [0.1, 0.15) is 20.3 Å². The van der Waals surface area contributed by atoms with Crippen molar-refractivity contribution in [3.8, 4) is 0 Å². The Bertz CT molecular complexity index is 605. The first-order valence-corrected chi connectivity index (χ1v) is 7.89. The minimum Gasteiger partial charge on any atom is -0.314 e. The van der Waals surface area contributed by atoms with E-state index in [0.717, 1.165) is 12.1 Å². The first kappa shape index (κ1) is 17.5. The molecule has 9 heteroatoms. The van der Waals surface area contributed by atoms with E-state index < -0.39 is 31.3 Å². The van der Waals surface area contributed by atoms with Crippen molar-refractivity contribution in [2.24, 2.45) is 0 Å². The molecule has 21 heavy (non-hydrogen) atoms. The molecule has 0 bridgehead atoms. The van der Waals surface area contributed by atoms with Gasteiger partial charge in [-0.25, -0.2) is 17.5 Å². The third-order valence-electron chi connectivity index (χ3n) is 2.61. The second-order valence-corrected chi connectivity index (χ2v) is 6.46. The highest BCUT2D eigenvalue weighted by Gasteiger charge is 2.25. The molecule has 7 nitrogen and oxygen atoms in total. The molecule has 1 aromatic rings. The average Bonchev–Trinajstić information content (AvgIpc) is 2.37. The van der Waals surface area contributed by atoms with E-state index in [1.54, 1.807) is 0 Å².